The van der Waals surface area contributed by atoms with E-state index in [1.165, 1.54) is 0 Å². The van der Waals surface area contributed by atoms with E-state index in [0.29, 0.717) is 36.0 Å². The summed E-state index contributed by atoms with van der Waals surface area (Å²) in [6.07, 6.45) is 1.63. The number of likely N-dealkylation sites (N-methyl/N-ethyl adjacent to an activating group) is 1. The molecule has 2 aromatic carbocycles. The van der Waals surface area contributed by atoms with E-state index in [0.717, 1.165) is 24.5 Å². The van der Waals surface area contributed by atoms with Gasteiger partial charge < -0.3 is 19.5 Å². The molecule has 0 radical (unpaired) electrons. The number of hydrogen-bond acceptors (Lipinski definition) is 7. The predicted molar refractivity (Wildman–Crippen MR) is 121 cm³/mol. The smallest absolute Gasteiger partial charge is 0.253 e. The Morgan fingerprint density at radius 3 is 2.43 bits per heavy atom. The second-order valence-corrected chi connectivity index (χ2v) is 8.15. The Morgan fingerprint density at radius 1 is 1.07 bits per heavy atom. The highest BCUT2D eigenvalue weighted by atomic mass is 35.5. The second-order valence-electron chi connectivity index (χ2n) is 7.71. The van der Waals surface area contributed by atoms with Crippen LogP contribution in [-0.2, 0) is 0 Å². The van der Waals surface area contributed by atoms with Gasteiger partial charge in [0.2, 0.25) is 0 Å². The van der Waals surface area contributed by atoms with E-state index in [1.54, 1.807) is 6.26 Å². The largest absolute Gasteiger partial charge is 0.468 e. The number of nitrogens with zero attached hydrogens (tertiary/aromatic N) is 3. The van der Waals surface area contributed by atoms with Gasteiger partial charge in [-0.25, -0.2) is 0 Å². The molecule has 2 heterocycles. The number of piperazine rings is 1. The molecule has 7 nitrogen and oxygen atoms in total. The van der Waals surface area contributed by atoms with E-state index in [2.05, 4.69) is 10.2 Å². The van der Waals surface area contributed by atoms with Crippen LogP contribution in [0, 0.1) is 0 Å². The van der Waals surface area contributed by atoms with Crippen molar-refractivity contribution < 1.29 is 4.42 Å². The Labute approximate surface area is 180 Å². The van der Waals surface area contributed by atoms with Crippen LogP contribution in [0.2, 0.25) is 5.02 Å². The first-order valence-corrected chi connectivity index (χ1v) is 10.4. The normalized spacial score (nSPS) is 15.7. The summed E-state index contributed by atoms with van der Waals surface area (Å²) in [5.41, 5.74) is 1.13. The molecule has 1 unspecified atom stereocenters. The third kappa shape index (κ3) is 3.95. The van der Waals surface area contributed by atoms with E-state index in [-0.39, 0.29) is 6.04 Å². The van der Waals surface area contributed by atoms with Crippen molar-refractivity contribution in [2.45, 2.75) is 6.04 Å². The van der Waals surface area contributed by atoms with Crippen molar-refractivity contribution in [3.05, 3.63) is 73.9 Å². The van der Waals surface area contributed by atoms with Gasteiger partial charge >= 0.3 is 0 Å². The molecule has 1 aromatic heterocycles. The van der Waals surface area contributed by atoms with Crippen LogP contribution in [0.3, 0.4) is 0 Å². The van der Waals surface area contributed by atoms with Crippen LogP contribution >= 0.6 is 11.6 Å². The molecule has 8 heteroatoms. The molecule has 0 spiro atoms. The van der Waals surface area contributed by atoms with Crippen molar-refractivity contribution >= 4 is 28.7 Å². The molecule has 1 aliphatic rings. The van der Waals surface area contributed by atoms with Crippen LogP contribution in [-0.4, -0.2) is 51.7 Å². The molecule has 0 amide bonds. The van der Waals surface area contributed by atoms with Gasteiger partial charge in [0.05, 0.1) is 12.3 Å². The summed E-state index contributed by atoms with van der Waals surface area (Å²) >= 11 is 6.10. The lowest BCUT2D eigenvalue weighted by atomic mass is 10.1. The minimum atomic E-state index is -0.445. The molecular weight excluding hydrogens is 404 g/mol. The molecular formula is C22H25ClN4O3. The Bertz CT molecular complexity index is 1060. The van der Waals surface area contributed by atoms with Gasteiger partial charge in [-0.3, -0.25) is 14.5 Å². The molecule has 3 aromatic rings. The molecule has 0 aliphatic carbocycles. The summed E-state index contributed by atoms with van der Waals surface area (Å²) in [4.78, 5) is 30.8. The van der Waals surface area contributed by atoms with Gasteiger partial charge in [-0.1, -0.05) is 17.7 Å². The van der Waals surface area contributed by atoms with E-state index in [9.17, 15) is 9.59 Å². The number of halogens is 1. The van der Waals surface area contributed by atoms with Crippen LogP contribution in [0.15, 0.2) is 56.7 Å². The fourth-order valence-electron chi connectivity index (χ4n) is 3.92. The number of benzene rings is 1. The van der Waals surface area contributed by atoms with Crippen LogP contribution in [0.1, 0.15) is 11.8 Å². The van der Waals surface area contributed by atoms with Crippen molar-refractivity contribution in [1.82, 2.24) is 4.90 Å². The molecule has 1 saturated heterocycles. The van der Waals surface area contributed by atoms with Crippen molar-refractivity contribution in [2.75, 3.05) is 61.9 Å². The molecule has 0 saturated carbocycles. The summed E-state index contributed by atoms with van der Waals surface area (Å²) in [5.74, 6) is 0.808. The lowest BCUT2D eigenvalue weighted by Crippen LogP contribution is -2.51. The lowest BCUT2D eigenvalue weighted by molar-refractivity contribution is 0.269. The zero-order chi connectivity index (χ0) is 21.3. The first-order valence-electron chi connectivity index (χ1n) is 9.98. The Morgan fingerprint density at radius 2 is 1.80 bits per heavy atom. The lowest BCUT2D eigenvalue weighted by Gasteiger charge is -2.38. The van der Waals surface area contributed by atoms with E-state index >= 15 is 0 Å². The highest BCUT2D eigenvalue weighted by molar-refractivity contribution is 6.30. The standard InChI is InChI=1S/C22H25ClN4O3/c1-25(2)17(18-7-4-12-30-18)14-24-19-20(22(29)21(19)28)27-10-8-26(9-11-27)16-6-3-5-15(23)13-16/h3-7,12-13,17,24H,8-11,14H2,1-2H3. The maximum Gasteiger partial charge on any atom is 0.253 e. The highest BCUT2D eigenvalue weighted by Crippen LogP contribution is 2.26. The van der Waals surface area contributed by atoms with E-state index in [1.807, 2.05) is 60.3 Å². The molecule has 158 valence electrons. The van der Waals surface area contributed by atoms with Crippen molar-refractivity contribution in [3.8, 4) is 0 Å². The minimum absolute atomic E-state index is 0.0445. The van der Waals surface area contributed by atoms with Gasteiger partial charge in [-0.05, 0) is 44.4 Å². The average Bonchev–Trinajstić information content (AvgIpc) is 3.27. The maximum absolute atomic E-state index is 12.3. The number of nitrogens with one attached hydrogen (secondary N) is 1. The summed E-state index contributed by atoms with van der Waals surface area (Å²) < 4.78 is 5.52. The number of hydrogen-bond donors (Lipinski definition) is 1. The summed E-state index contributed by atoms with van der Waals surface area (Å²) in [5, 5.41) is 3.91. The van der Waals surface area contributed by atoms with Gasteiger partial charge in [0, 0.05) is 43.4 Å². The van der Waals surface area contributed by atoms with E-state index < -0.39 is 10.9 Å². The number of rotatable bonds is 7. The molecule has 1 fully saturated rings. The zero-order valence-corrected chi connectivity index (χ0v) is 17.9. The molecule has 1 atom stereocenters. The number of anilines is 3. The third-order valence-corrected chi connectivity index (χ3v) is 5.86. The van der Waals surface area contributed by atoms with Crippen LogP contribution in [0.4, 0.5) is 17.1 Å². The van der Waals surface area contributed by atoms with Crippen LogP contribution in [0.25, 0.3) is 0 Å². The molecule has 1 N–H and O–H groups in total. The molecule has 0 bridgehead atoms. The van der Waals surface area contributed by atoms with Crippen molar-refractivity contribution in [2.24, 2.45) is 0 Å². The Kier molecular flexibility index (Phi) is 5.83. The molecule has 1 aliphatic heterocycles. The zero-order valence-electron chi connectivity index (χ0n) is 17.1. The third-order valence-electron chi connectivity index (χ3n) is 5.62. The minimum Gasteiger partial charge on any atom is -0.468 e. The predicted octanol–water partition coefficient (Wildman–Crippen LogP) is 2.57. The second kappa shape index (κ2) is 8.53. The molecule has 30 heavy (non-hydrogen) atoms. The summed E-state index contributed by atoms with van der Waals surface area (Å²) in [7, 11) is 3.90. The summed E-state index contributed by atoms with van der Waals surface area (Å²) in [6.45, 7) is 3.32. The van der Waals surface area contributed by atoms with Crippen molar-refractivity contribution in [1.29, 1.82) is 0 Å². The van der Waals surface area contributed by atoms with Gasteiger partial charge in [0.15, 0.2) is 0 Å². The Balaban J connectivity index is 1.43. The van der Waals surface area contributed by atoms with E-state index in [4.69, 9.17) is 16.0 Å². The molecule has 4 rings (SSSR count). The monoisotopic (exact) mass is 428 g/mol. The summed E-state index contributed by atoms with van der Waals surface area (Å²) in [6, 6.07) is 11.5. The maximum atomic E-state index is 12.3. The fourth-order valence-corrected chi connectivity index (χ4v) is 4.11. The fraction of sp³-hybridized carbons (Fsp3) is 0.364. The first kappa shape index (κ1) is 20.5. The van der Waals surface area contributed by atoms with Crippen LogP contribution in [0.5, 0.6) is 0 Å². The first-order chi connectivity index (χ1) is 14.5. The van der Waals surface area contributed by atoms with Crippen molar-refractivity contribution in [3.63, 3.8) is 0 Å². The van der Waals surface area contributed by atoms with Gasteiger partial charge in [-0.15, -0.1) is 0 Å². The topological polar surface area (TPSA) is 69.0 Å². The highest BCUT2D eigenvalue weighted by Gasteiger charge is 2.29. The SMILES string of the molecule is CN(C)C(CNc1c(N2CCN(c3cccc(Cl)c3)CC2)c(=O)c1=O)c1ccco1. The van der Waals surface area contributed by atoms with Gasteiger partial charge in [0.25, 0.3) is 10.9 Å². The Hall–Kier alpha value is -2.77. The van der Waals surface area contributed by atoms with Gasteiger partial charge in [0.1, 0.15) is 17.1 Å². The van der Waals surface area contributed by atoms with Crippen LogP contribution < -0.4 is 26.0 Å². The number of furan rings is 1. The van der Waals surface area contributed by atoms with Gasteiger partial charge in [-0.2, -0.15) is 0 Å². The average molecular weight is 429 g/mol. The quantitative estimate of drug-likeness (QED) is 0.580.